The second-order valence-electron chi connectivity index (χ2n) is 7.27. The topological polar surface area (TPSA) is 76.8 Å². The van der Waals surface area contributed by atoms with Crippen LogP contribution in [0.4, 0.5) is 0 Å². The van der Waals surface area contributed by atoms with Crippen LogP contribution < -0.4 is 5.32 Å². The van der Waals surface area contributed by atoms with Crippen LogP contribution in [0.3, 0.4) is 0 Å². The molecule has 25 heavy (non-hydrogen) atoms. The van der Waals surface area contributed by atoms with Gasteiger partial charge in [-0.15, -0.1) is 0 Å². The fourth-order valence-corrected chi connectivity index (χ4v) is 4.09. The molecule has 0 aliphatic carbocycles. The number of aryl methyl sites for hydroxylation is 2. The lowest BCUT2D eigenvalue weighted by atomic mass is 9.81. The van der Waals surface area contributed by atoms with Gasteiger partial charge < -0.3 is 19.3 Å². The van der Waals surface area contributed by atoms with Gasteiger partial charge in [-0.2, -0.15) is 0 Å². The molecule has 1 amide bonds. The maximum atomic E-state index is 12.1. The highest BCUT2D eigenvalue weighted by Crippen LogP contribution is 2.36. The van der Waals surface area contributed by atoms with Gasteiger partial charge in [0.25, 0.3) is 0 Å². The van der Waals surface area contributed by atoms with Crippen molar-refractivity contribution < 1.29 is 18.8 Å². The van der Waals surface area contributed by atoms with Gasteiger partial charge in [0.1, 0.15) is 5.76 Å². The third-order valence-electron chi connectivity index (χ3n) is 5.48. The number of rotatable bonds is 7. The van der Waals surface area contributed by atoms with E-state index in [0.29, 0.717) is 38.0 Å². The highest BCUT2D eigenvalue weighted by molar-refractivity contribution is 5.76. The van der Waals surface area contributed by atoms with E-state index in [1.54, 1.807) is 7.11 Å². The van der Waals surface area contributed by atoms with E-state index in [1.165, 1.54) is 5.56 Å². The van der Waals surface area contributed by atoms with Gasteiger partial charge in [-0.1, -0.05) is 5.16 Å². The molecule has 1 N–H and O–H groups in total. The van der Waals surface area contributed by atoms with E-state index in [2.05, 4.69) is 15.4 Å². The van der Waals surface area contributed by atoms with Gasteiger partial charge >= 0.3 is 0 Å². The van der Waals surface area contributed by atoms with Gasteiger partial charge in [-0.25, -0.2) is 0 Å². The lowest BCUT2D eigenvalue weighted by Gasteiger charge is -2.32. The second-order valence-corrected chi connectivity index (χ2v) is 7.27. The number of fused-ring (bicyclic) bond motifs is 1. The number of nitrogens with zero attached hydrogens (tertiary/aromatic N) is 2. The first-order chi connectivity index (χ1) is 12.1. The van der Waals surface area contributed by atoms with Crippen LogP contribution >= 0.6 is 0 Å². The summed E-state index contributed by atoms with van der Waals surface area (Å²) in [7, 11) is 1.64. The first kappa shape index (κ1) is 18.4. The van der Waals surface area contributed by atoms with Crippen molar-refractivity contribution in [2.45, 2.75) is 26.8 Å². The predicted molar refractivity (Wildman–Crippen MR) is 92.0 cm³/mol. The molecular formula is C18H29N3O4. The van der Waals surface area contributed by atoms with Crippen molar-refractivity contribution in [1.29, 1.82) is 0 Å². The van der Waals surface area contributed by atoms with E-state index in [4.69, 9.17) is 14.0 Å². The third-order valence-corrected chi connectivity index (χ3v) is 5.48. The van der Waals surface area contributed by atoms with E-state index in [-0.39, 0.29) is 11.8 Å². The van der Waals surface area contributed by atoms with Gasteiger partial charge in [0.05, 0.1) is 25.5 Å². The van der Waals surface area contributed by atoms with Crippen molar-refractivity contribution in [2.75, 3.05) is 46.6 Å². The Morgan fingerprint density at radius 2 is 2.20 bits per heavy atom. The number of methoxy groups -OCH3 is 1. The molecule has 1 aromatic rings. The van der Waals surface area contributed by atoms with Crippen molar-refractivity contribution in [3.05, 3.63) is 17.0 Å². The number of aromatic nitrogens is 1. The Kier molecular flexibility index (Phi) is 6.09. The zero-order valence-electron chi connectivity index (χ0n) is 15.4. The number of amides is 1. The molecule has 0 bridgehead atoms. The number of likely N-dealkylation sites (tertiary alicyclic amines) is 1. The number of hydrogen-bond acceptors (Lipinski definition) is 6. The molecule has 2 aliphatic heterocycles. The predicted octanol–water partition coefficient (Wildman–Crippen LogP) is 1.14. The smallest absolute Gasteiger partial charge is 0.220 e. The van der Waals surface area contributed by atoms with Gasteiger partial charge in [0, 0.05) is 45.3 Å². The SMILES string of the molecule is COCCNC(=O)C[C@@H]1COC[C@H]2CN(Cc3c(C)noc3C)C[C@@H]12. The van der Waals surface area contributed by atoms with Crippen molar-refractivity contribution in [1.82, 2.24) is 15.4 Å². The summed E-state index contributed by atoms with van der Waals surface area (Å²) in [5.74, 6) is 2.30. The summed E-state index contributed by atoms with van der Waals surface area (Å²) in [6.45, 7) is 9.42. The van der Waals surface area contributed by atoms with Crippen LogP contribution in [-0.4, -0.2) is 62.5 Å². The second kappa shape index (κ2) is 8.29. The monoisotopic (exact) mass is 351 g/mol. The number of ether oxygens (including phenoxy) is 2. The molecule has 140 valence electrons. The van der Waals surface area contributed by atoms with Crippen LogP contribution in [0.25, 0.3) is 0 Å². The molecule has 7 heteroatoms. The van der Waals surface area contributed by atoms with Crippen LogP contribution in [0.5, 0.6) is 0 Å². The molecule has 0 spiro atoms. The largest absolute Gasteiger partial charge is 0.383 e. The van der Waals surface area contributed by atoms with Crippen LogP contribution in [0.15, 0.2) is 4.52 Å². The van der Waals surface area contributed by atoms with Gasteiger partial charge in [-0.3, -0.25) is 9.69 Å². The van der Waals surface area contributed by atoms with E-state index >= 15 is 0 Å². The molecule has 0 unspecified atom stereocenters. The molecule has 3 rings (SSSR count). The zero-order valence-corrected chi connectivity index (χ0v) is 15.4. The third kappa shape index (κ3) is 4.40. The van der Waals surface area contributed by atoms with Gasteiger partial charge in [0.15, 0.2) is 0 Å². The number of hydrogen-bond donors (Lipinski definition) is 1. The summed E-state index contributed by atoms with van der Waals surface area (Å²) in [6, 6.07) is 0. The average molecular weight is 351 g/mol. The summed E-state index contributed by atoms with van der Waals surface area (Å²) in [5, 5.41) is 6.97. The summed E-state index contributed by atoms with van der Waals surface area (Å²) in [6.07, 6.45) is 0.532. The number of carbonyl (C=O) groups excluding carboxylic acids is 1. The van der Waals surface area contributed by atoms with Crippen LogP contribution in [0, 0.1) is 31.6 Å². The standard InChI is InChI=1S/C18H29N3O4/c1-12-16(13(2)25-20-12)8-21-7-15-11-24-10-14(17(15)9-21)6-18(22)19-4-5-23-3/h14-15,17H,4-11H2,1-3H3,(H,19,22)/t14-,15-,17+/m1/s1. The summed E-state index contributed by atoms with van der Waals surface area (Å²) < 4.78 is 16.0. The fourth-order valence-electron chi connectivity index (χ4n) is 4.09. The number of carbonyl (C=O) groups is 1. The van der Waals surface area contributed by atoms with Gasteiger partial charge in [0.2, 0.25) is 5.91 Å². The molecule has 2 saturated heterocycles. The molecule has 3 atom stereocenters. The number of nitrogens with one attached hydrogen (secondary N) is 1. The zero-order chi connectivity index (χ0) is 17.8. The molecule has 0 aromatic carbocycles. The highest BCUT2D eigenvalue weighted by atomic mass is 16.5. The summed E-state index contributed by atoms with van der Waals surface area (Å²) >= 11 is 0. The Labute approximate surface area is 149 Å². The molecular weight excluding hydrogens is 322 g/mol. The Bertz CT molecular complexity index is 569. The minimum absolute atomic E-state index is 0.0930. The minimum Gasteiger partial charge on any atom is -0.383 e. The first-order valence-electron chi connectivity index (χ1n) is 9.06. The van der Waals surface area contributed by atoms with Crippen LogP contribution in [-0.2, 0) is 20.8 Å². The Morgan fingerprint density at radius 1 is 1.36 bits per heavy atom. The normalized spacial score (nSPS) is 26.6. The molecule has 7 nitrogen and oxygen atoms in total. The summed E-state index contributed by atoms with van der Waals surface area (Å²) in [5.41, 5.74) is 2.16. The molecule has 3 heterocycles. The maximum absolute atomic E-state index is 12.1. The lowest BCUT2D eigenvalue weighted by Crippen LogP contribution is -2.38. The Balaban J connectivity index is 1.56. The highest BCUT2D eigenvalue weighted by Gasteiger charge is 2.41. The van der Waals surface area contributed by atoms with Crippen molar-refractivity contribution in [2.24, 2.45) is 17.8 Å². The van der Waals surface area contributed by atoms with E-state index < -0.39 is 0 Å². The maximum Gasteiger partial charge on any atom is 0.220 e. The van der Waals surface area contributed by atoms with Crippen LogP contribution in [0.2, 0.25) is 0 Å². The molecule has 2 fully saturated rings. The van der Waals surface area contributed by atoms with E-state index in [0.717, 1.165) is 37.7 Å². The Morgan fingerprint density at radius 3 is 2.92 bits per heavy atom. The van der Waals surface area contributed by atoms with E-state index in [1.807, 2.05) is 13.8 Å². The molecule has 0 radical (unpaired) electrons. The minimum atomic E-state index is 0.0930. The van der Waals surface area contributed by atoms with Crippen molar-refractivity contribution in [3.8, 4) is 0 Å². The first-order valence-corrected chi connectivity index (χ1v) is 9.06. The Hall–Kier alpha value is -1.44. The van der Waals surface area contributed by atoms with Crippen molar-refractivity contribution in [3.63, 3.8) is 0 Å². The summed E-state index contributed by atoms with van der Waals surface area (Å²) in [4.78, 5) is 14.6. The average Bonchev–Trinajstić information content (AvgIpc) is 3.14. The van der Waals surface area contributed by atoms with E-state index in [9.17, 15) is 4.79 Å². The molecule has 2 aliphatic rings. The van der Waals surface area contributed by atoms with Gasteiger partial charge in [-0.05, 0) is 31.6 Å². The lowest BCUT2D eigenvalue weighted by molar-refractivity contribution is -0.124. The molecule has 0 saturated carbocycles. The van der Waals surface area contributed by atoms with Crippen molar-refractivity contribution >= 4 is 5.91 Å². The quantitative estimate of drug-likeness (QED) is 0.743. The molecule has 1 aromatic heterocycles. The van der Waals surface area contributed by atoms with Crippen LogP contribution in [0.1, 0.15) is 23.4 Å². The fraction of sp³-hybridized carbons (Fsp3) is 0.778.